The van der Waals surface area contributed by atoms with Crippen LogP contribution < -0.4 is 4.90 Å². The lowest BCUT2D eigenvalue weighted by molar-refractivity contribution is 0.122. The lowest BCUT2D eigenvalue weighted by Gasteiger charge is -2.29. The van der Waals surface area contributed by atoms with E-state index in [1.165, 1.54) is 21.5 Å². The summed E-state index contributed by atoms with van der Waals surface area (Å²) in [4.78, 5) is 16.6. The minimum Gasteiger partial charge on any atom is -0.378 e. The summed E-state index contributed by atoms with van der Waals surface area (Å²) in [6, 6.07) is 15.0. The van der Waals surface area contributed by atoms with E-state index in [0.29, 0.717) is 0 Å². The lowest BCUT2D eigenvalue weighted by Crippen LogP contribution is -2.36. The van der Waals surface area contributed by atoms with Gasteiger partial charge in [-0.15, -0.1) is 11.3 Å². The van der Waals surface area contributed by atoms with Crippen LogP contribution in [-0.2, 0) is 11.2 Å². The fourth-order valence-electron chi connectivity index (χ4n) is 4.17. The van der Waals surface area contributed by atoms with Crippen molar-refractivity contribution in [2.45, 2.75) is 6.42 Å². The number of fused-ring (bicyclic) bond motifs is 2. The molecule has 0 unspecified atom stereocenters. The summed E-state index contributed by atoms with van der Waals surface area (Å²) in [5.41, 5.74) is 10.5. The van der Waals surface area contributed by atoms with E-state index >= 15 is 0 Å². The Kier molecular flexibility index (Phi) is 4.32. The van der Waals surface area contributed by atoms with Gasteiger partial charge in [-0.25, -0.2) is 9.97 Å². The van der Waals surface area contributed by atoms with Crippen molar-refractivity contribution >= 4 is 32.8 Å². The molecule has 6 heteroatoms. The average molecular weight is 413 g/mol. The molecule has 2 aromatic heterocycles. The maximum atomic E-state index is 5.49. The summed E-state index contributed by atoms with van der Waals surface area (Å²) in [6.07, 6.45) is 4.97. The van der Waals surface area contributed by atoms with Crippen molar-refractivity contribution in [3.8, 4) is 11.3 Å². The number of allylic oxidation sites excluding steroid dienone is 1. The molecule has 0 bridgehead atoms. The van der Waals surface area contributed by atoms with E-state index in [0.717, 1.165) is 60.9 Å². The molecule has 2 aromatic carbocycles. The molecule has 6 rings (SSSR count). The van der Waals surface area contributed by atoms with Crippen LogP contribution in [0.3, 0.4) is 0 Å². The first-order valence-electron chi connectivity index (χ1n) is 10.2. The van der Waals surface area contributed by atoms with E-state index in [4.69, 9.17) is 14.7 Å². The molecular weight excluding hydrogens is 392 g/mol. The van der Waals surface area contributed by atoms with E-state index in [1.54, 1.807) is 11.3 Å². The van der Waals surface area contributed by atoms with Gasteiger partial charge in [0, 0.05) is 36.3 Å². The van der Waals surface area contributed by atoms with Crippen molar-refractivity contribution in [1.82, 2.24) is 15.0 Å². The van der Waals surface area contributed by atoms with E-state index in [2.05, 4.69) is 58.4 Å². The molecule has 3 heterocycles. The zero-order chi connectivity index (χ0) is 19.9. The number of hydrogen-bond acceptors (Lipinski definition) is 6. The predicted molar refractivity (Wildman–Crippen MR) is 121 cm³/mol. The maximum Gasteiger partial charge on any atom is 0.0931 e. The summed E-state index contributed by atoms with van der Waals surface area (Å²) in [7, 11) is 0. The molecule has 0 radical (unpaired) electrons. The maximum absolute atomic E-state index is 5.49. The average Bonchev–Trinajstić information content (AvgIpc) is 3.45. The van der Waals surface area contributed by atoms with Crippen molar-refractivity contribution in [2.75, 3.05) is 31.2 Å². The van der Waals surface area contributed by atoms with Crippen molar-refractivity contribution in [3.63, 3.8) is 0 Å². The molecule has 1 saturated heterocycles. The van der Waals surface area contributed by atoms with Crippen LogP contribution in [-0.4, -0.2) is 41.3 Å². The first kappa shape index (κ1) is 17.7. The molecule has 30 heavy (non-hydrogen) atoms. The van der Waals surface area contributed by atoms with Crippen molar-refractivity contribution in [1.29, 1.82) is 0 Å². The minimum absolute atomic E-state index is 0.779. The molecule has 5 nitrogen and oxygen atoms in total. The van der Waals surface area contributed by atoms with Gasteiger partial charge in [-0.1, -0.05) is 24.3 Å². The standard InChI is InChI=1S/C24H20N4OS/c1-2-17(12-18(3-1)28-8-10-29-11-9-28)22-14-25-21-7-5-19(24(21)27-22)16-4-6-20-23(13-16)30-15-26-20/h1-6,12-15H,7-11H2. The SMILES string of the molecule is C1=C(c2ccc3ncsc3c2)c2nc(-c3cccc(N4CCOCC4)c3)cnc2C1. The highest BCUT2D eigenvalue weighted by molar-refractivity contribution is 7.16. The molecular formula is C24H20N4OS. The van der Waals surface area contributed by atoms with Gasteiger partial charge in [0.15, 0.2) is 0 Å². The molecule has 2 aliphatic rings. The number of ether oxygens (including phenoxy) is 1. The fraction of sp³-hybridized carbons (Fsp3) is 0.208. The van der Waals surface area contributed by atoms with Gasteiger partial charge in [-0.05, 0) is 29.8 Å². The van der Waals surface area contributed by atoms with Gasteiger partial charge in [0.1, 0.15) is 0 Å². The van der Waals surface area contributed by atoms with Crippen LogP contribution in [0.2, 0.25) is 0 Å². The van der Waals surface area contributed by atoms with Gasteiger partial charge in [-0.3, -0.25) is 4.98 Å². The van der Waals surface area contributed by atoms with Crippen LogP contribution in [0.5, 0.6) is 0 Å². The van der Waals surface area contributed by atoms with Gasteiger partial charge in [0.05, 0.1) is 52.2 Å². The summed E-state index contributed by atoms with van der Waals surface area (Å²) < 4.78 is 6.69. The second kappa shape index (κ2) is 7.31. The van der Waals surface area contributed by atoms with Crippen LogP contribution in [0.25, 0.3) is 27.0 Å². The Balaban J connectivity index is 1.36. The van der Waals surface area contributed by atoms with Crippen LogP contribution in [0.1, 0.15) is 17.0 Å². The molecule has 4 aromatic rings. The van der Waals surface area contributed by atoms with E-state index in [9.17, 15) is 0 Å². The Morgan fingerprint density at radius 1 is 0.967 bits per heavy atom. The number of thiazole rings is 1. The predicted octanol–water partition coefficient (Wildman–Crippen LogP) is 4.58. The van der Waals surface area contributed by atoms with Crippen molar-refractivity contribution in [2.24, 2.45) is 0 Å². The number of rotatable bonds is 3. The third kappa shape index (κ3) is 3.09. The Morgan fingerprint density at radius 2 is 1.90 bits per heavy atom. The quantitative estimate of drug-likeness (QED) is 0.493. The molecule has 0 saturated carbocycles. The van der Waals surface area contributed by atoms with Crippen LogP contribution in [0.15, 0.2) is 60.2 Å². The van der Waals surface area contributed by atoms with Crippen LogP contribution >= 0.6 is 11.3 Å². The number of morpholine rings is 1. The molecule has 0 spiro atoms. The molecule has 0 atom stereocenters. The van der Waals surface area contributed by atoms with E-state index in [-0.39, 0.29) is 0 Å². The van der Waals surface area contributed by atoms with Crippen LogP contribution in [0, 0.1) is 0 Å². The Bertz CT molecular complexity index is 1270. The monoisotopic (exact) mass is 412 g/mol. The largest absolute Gasteiger partial charge is 0.378 e. The zero-order valence-corrected chi connectivity index (χ0v) is 17.2. The highest BCUT2D eigenvalue weighted by atomic mass is 32.1. The van der Waals surface area contributed by atoms with Gasteiger partial charge in [0.2, 0.25) is 0 Å². The molecule has 0 N–H and O–H groups in total. The summed E-state index contributed by atoms with van der Waals surface area (Å²) >= 11 is 1.67. The smallest absolute Gasteiger partial charge is 0.0931 e. The van der Waals surface area contributed by atoms with Crippen LogP contribution in [0.4, 0.5) is 5.69 Å². The Labute approximate surface area is 178 Å². The lowest BCUT2D eigenvalue weighted by atomic mass is 10.0. The molecule has 1 fully saturated rings. The number of aromatic nitrogens is 3. The van der Waals surface area contributed by atoms with Gasteiger partial charge < -0.3 is 9.64 Å². The minimum atomic E-state index is 0.779. The van der Waals surface area contributed by atoms with Crippen molar-refractivity contribution in [3.05, 3.63) is 77.2 Å². The molecule has 1 aliphatic heterocycles. The van der Waals surface area contributed by atoms with E-state index < -0.39 is 0 Å². The number of anilines is 1. The van der Waals surface area contributed by atoms with Crippen molar-refractivity contribution < 1.29 is 4.74 Å². The van der Waals surface area contributed by atoms with Gasteiger partial charge in [0.25, 0.3) is 0 Å². The zero-order valence-electron chi connectivity index (χ0n) is 16.4. The second-order valence-electron chi connectivity index (χ2n) is 7.56. The topological polar surface area (TPSA) is 51.1 Å². The molecule has 148 valence electrons. The van der Waals surface area contributed by atoms with E-state index in [1.807, 2.05) is 11.7 Å². The normalized spacial score (nSPS) is 16.0. The molecule has 0 amide bonds. The number of hydrogen-bond donors (Lipinski definition) is 0. The Hall–Kier alpha value is -3.09. The highest BCUT2D eigenvalue weighted by Gasteiger charge is 2.20. The van der Waals surface area contributed by atoms with Gasteiger partial charge >= 0.3 is 0 Å². The Morgan fingerprint density at radius 3 is 2.83 bits per heavy atom. The third-order valence-corrected chi connectivity index (χ3v) is 6.56. The highest BCUT2D eigenvalue weighted by Crippen LogP contribution is 2.34. The third-order valence-electron chi connectivity index (χ3n) is 5.76. The first-order valence-corrected chi connectivity index (χ1v) is 11.1. The fourth-order valence-corrected chi connectivity index (χ4v) is 4.89. The molecule has 1 aliphatic carbocycles. The second-order valence-corrected chi connectivity index (χ2v) is 8.44. The number of benzene rings is 2. The summed E-state index contributed by atoms with van der Waals surface area (Å²) in [6.45, 7) is 3.40. The summed E-state index contributed by atoms with van der Waals surface area (Å²) in [5, 5.41) is 0. The van der Waals surface area contributed by atoms with Gasteiger partial charge in [-0.2, -0.15) is 0 Å². The summed E-state index contributed by atoms with van der Waals surface area (Å²) in [5.74, 6) is 0. The first-order chi connectivity index (χ1) is 14.8. The number of nitrogens with zero attached hydrogens (tertiary/aromatic N) is 4.